The minimum atomic E-state index is -0.335. The molecule has 47 heavy (non-hydrogen) atoms. The summed E-state index contributed by atoms with van der Waals surface area (Å²) < 4.78 is 0. The molecule has 1 aliphatic rings. The maximum absolute atomic E-state index is 14.1. The summed E-state index contributed by atoms with van der Waals surface area (Å²) >= 11 is 0. The van der Waals surface area contributed by atoms with Crippen molar-refractivity contribution < 1.29 is 4.79 Å². The van der Waals surface area contributed by atoms with E-state index in [2.05, 4.69) is 148 Å². The highest BCUT2D eigenvalue weighted by Gasteiger charge is 2.43. The monoisotopic (exact) mass is 627 g/mol. The van der Waals surface area contributed by atoms with E-state index in [1.165, 1.54) is 27.8 Å². The number of hydrogen-bond donors (Lipinski definition) is 0. The third-order valence-electron chi connectivity index (χ3n) is 11.7. The Morgan fingerprint density at radius 1 is 0.574 bits per heavy atom. The number of carbonyl (C=O) groups excluding carboxylic acids is 1. The van der Waals surface area contributed by atoms with Crippen molar-refractivity contribution in [3.63, 3.8) is 0 Å². The molecule has 1 aliphatic heterocycles. The van der Waals surface area contributed by atoms with Crippen molar-refractivity contribution in [1.82, 2.24) is 4.90 Å². The van der Waals surface area contributed by atoms with Gasteiger partial charge >= 0.3 is 0 Å². The molecule has 5 rings (SSSR count). The summed E-state index contributed by atoms with van der Waals surface area (Å²) in [6, 6.07) is 35.3. The van der Waals surface area contributed by atoms with Crippen molar-refractivity contribution in [3.8, 4) is 0 Å². The Hall–Kier alpha value is -3.49. The smallest absolute Gasteiger partial charge is 0.193 e. The standard InChI is InChI=1S/C45H57NO/c1-41(2,3)33-17-21-35(22-18-33)45(27-29-46(11)30-28-45)36-23-19-34(20-24-36)43(7,8)44(9,10)39-26-25-37(42(4,5)6)31-38(39)40(47)32-15-13-12-14-16-32/h12-26,31H,27-30H2,1-11H3. The maximum atomic E-state index is 14.1. The molecular weight excluding hydrogens is 571 g/mol. The first-order chi connectivity index (χ1) is 21.9. The van der Waals surface area contributed by atoms with Crippen LogP contribution in [0, 0.1) is 0 Å². The fourth-order valence-electron chi connectivity index (χ4n) is 7.43. The first-order valence-corrected chi connectivity index (χ1v) is 17.5. The lowest BCUT2D eigenvalue weighted by Crippen LogP contribution is -2.42. The van der Waals surface area contributed by atoms with Gasteiger partial charge in [-0.25, -0.2) is 0 Å². The van der Waals surface area contributed by atoms with Crippen molar-refractivity contribution in [1.29, 1.82) is 0 Å². The van der Waals surface area contributed by atoms with Gasteiger partial charge < -0.3 is 4.90 Å². The van der Waals surface area contributed by atoms with Gasteiger partial charge in [0.1, 0.15) is 0 Å². The molecule has 0 amide bonds. The number of piperidine rings is 1. The van der Waals surface area contributed by atoms with Crippen LogP contribution in [0.1, 0.15) is 131 Å². The molecule has 248 valence electrons. The van der Waals surface area contributed by atoms with Gasteiger partial charge in [0.25, 0.3) is 0 Å². The molecular formula is C45H57NO. The lowest BCUT2D eigenvalue weighted by Gasteiger charge is -2.45. The second-order valence-corrected chi connectivity index (χ2v) is 17.2. The predicted molar refractivity (Wildman–Crippen MR) is 200 cm³/mol. The van der Waals surface area contributed by atoms with Gasteiger partial charge in [0.15, 0.2) is 5.78 Å². The van der Waals surface area contributed by atoms with E-state index in [-0.39, 0.29) is 32.9 Å². The number of benzene rings is 4. The van der Waals surface area contributed by atoms with Crippen molar-refractivity contribution in [3.05, 3.63) is 142 Å². The zero-order chi connectivity index (χ0) is 34.4. The van der Waals surface area contributed by atoms with E-state index in [0.717, 1.165) is 42.6 Å². The summed E-state index contributed by atoms with van der Waals surface area (Å²) in [7, 11) is 2.24. The van der Waals surface area contributed by atoms with Crippen LogP contribution in [0.5, 0.6) is 0 Å². The lowest BCUT2D eigenvalue weighted by molar-refractivity contribution is 0.103. The molecule has 4 aromatic carbocycles. The minimum absolute atomic E-state index is 0.000819. The summed E-state index contributed by atoms with van der Waals surface area (Å²) in [5.41, 5.74) is 8.80. The van der Waals surface area contributed by atoms with Gasteiger partial charge in [0, 0.05) is 16.5 Å². The molecule has 0 saturated carbocycles. The Labute approximate surface area is 285 Å². The molecule has 4 aromatic rings. The van der Waals surface area contributed by atoms with E-state index < -0.39 is 0 Å². The fraction of sp³-hybridized carbons (Fsp3) is 0.444. The highest BCUT2D eigenvalue weighted by atomic mass is 16.1. The van der Waals surface area contributed by atoms with E-state index in [4.69, 9.17) is 0 Å². The highest BCUT2D eigenvalue weighted by Crippen LogP contribution is 2.48. The van der Waals surface area contributed by atoms with Crippen LogP contribution in [0.4, 0.5) is 0 Å². The van der Waals surface area contributed by atoms with Gasteiger partial charge in [-0.15, -0.1) is 0 Å². The minimum Gasteiger partial charge on any atom is -0.306 e. The SMILES string of the molecule is CN1CCC(c2ccc(C(C)(C)C)cc2)(c2ccc(C(C)(C)C(C)(C)c3ccc(C(C)(C)C)cc3C(=O)c3ccccc3)cc2)CC1. The van der Waals surface area contributed by atoms with Gasteiger partial charge in [-0.3, -0.25) is 4.79 Å². The summed E-state index contributed by atoms with van der Waals surface area (Å²) in [6.07, 6.45) is 2.22. The molecule has 1 saturated heterocycles. The van der Waals surface area contributed by atoms with E-state index in [1.807, 2.05) is 30.3 Å². The summed E-state index contributed by atoms with van der Waals surface area (Å²) in [5, 5.41) is 0. The van der Waals surface area contributed by atoms with Crippen LogP contribution in [0.15, 0.2) is 97.1 Å². The van der Waals surface area contributed by atoms with Gasteiger partial charge in [0.05, 0.1) is 0 Å². The highest BCUT2D eigenvalue weighted by molar-refractivity contribution is 6.10. The van der Waals surface area contributed by atoms with Crippen LogP contribution in [-0.4, -0.2) is 30.8 Å². The predicted octanol–water partition coefficient (Wildman–Crippen LogP) is 10.8. The molecule has 0 radical (unpaired) electrons. The first-order valence-electron chi connectivity index (χ1n) is 17.5. The second-order valence-electron chi connectivity index (χ2n) is 17.2. The number of ketones is 1. The quantitative estimate of drug-likeness (QED) is 0.190. The zero-order valence-electron chi connectivity index (χ0n) is 30.9. The lowest BCUT2D eigenvalue weighted by atomic mass is 9.59. The van der Waals surface area contributed by atoms with E-state index in [0.29, 0.717) is 0 Å². The summed E-state index contributed by atoms with van der Waals surface area (Å²) in [6.45, 7) is 25.0. The first kappa shape index (κ1) is 34.8. The third kappa shape index (κ3) is 6.64. The van der Waals surface area contributed by atoms with E-state index in [9.17, 15) is 4.79 Å². The number of nitrogens with zero attached hydrogens (tertiary/aromatic N) is 1. The van der Waals surface area contributed by atoms with E-state index >= 15 is 0 Å². The van der Waals surface area contributed by atoms with Gasteiger partial charge in [-0.2, -0.15) is 0 Å². The number of hydrogen-bond acceptors (Lipinski definition) is 2. The van der Waals surface area contributed by atoms with Crippen LogP contribution in [0.3, 0.4) is 0 Å². The summed E-state index contributed by atoms with van der Waals surface area (Å²) in [5.74, 6) is 0.0904. The van der Waals surface area contributed by atoms with Crippen LogP contribution in [0.25, 0.3) is 0 Å². The molecule has 0 N–H and O–H groups in total. The Morgan fingerprint density at radius 2 is 1.04 bits per heavy atom. The average Bonchev–Trinajstić information content (AvgIpc) is 3.04. The van der Waals surface area contributed by atoms with Crippen LogP contribution in [0.2, 0.25) is 0 Å². The Bertz CT molecular complexity index is 1690. The van der Waals surface area contributed by atoms with Crippen molar-refractivity contribution in [2.75, 3.05) is 20.1 Å². The zero-order valence-corrected chi connectivity index (χ0v) is 30.9. The number of carbonyl (C=O) groups is 1. The van der Waals surface area contributed by atoms with Gasteiger partial charge in [0.2, 0.25) is 0 Å². The van der Waals surface area contributed by atoms with Crippen LogP contribution < -0.4 is 0 Å². The second kappa shape index (κ2) is 12.5. The van der Waals surface area contributed by atoms with Crippen LogP contribution >= 0.6 is 0 Å². The molecule has 2 nitrogen and oxygen atoms in total. The molecule has 0 aliphatic carbocycles. The maximum Gasteiger partial charge on any atom is 0.193 e. The number of rotatable bonds is 7. The summed E-state index contributed by atoms with van der Waals surface area (Å²) in [4.78, 5) is 16.6. The molecule has 0 atom stereocenters. The largest absolute Gasteiger partial charge is 0.306 e. The fourth-order valence-corrected chi connectivity index (χ4v) is 7.43. The topological polar surface area (TPSA) is 20.3 Å². The Kier molecular flexibility index (Phi) is 9.27. The van der Waals surface area contributed by atoms with Crippen molar-refractivity contribution in [2.45, 2.75) is 109 Å². The normalized spacial score (nSPS) is 16.2. The van der Waals surface area contributed by atoms with Crippen molar-refractivity contribution >= 4 is 5.78 Å². The molecule has 0 spiro atoms. The number of likely N-dealkylation sites (tertiary alicyclic amines) is 1. The Morgan fingerprint density at radius 3 is 1.53 bits per heavy atom. The van der Waals surface area contributed by atoms with E-state index in [1.54, 1.807) is 0 Å². The Balaban J connectivity index is 1.55. The molecule has 0 bridgehead atoms. The molecule has 1 fully saturated rings. The molecule has 2 heteroatoms. The van der Waals surface area contributed by atoms with Crippen molar-refractivity contribution in [2.24, 2.45) is 0 Å². The third-order valence-corrected chi connectivity index (χ3v) is 11.7. The van der Waals surface area contributed by atoms with Gasteiger partial charge in [-0.05, 0) is 94.1 Å². The average molecular weight is 628 g/mol. The molecule has 0 aromatic heterocycles. The van der Waals surface area contributed by atoms with Crippen LogP contribution in [-0.2, 0) is 27.1 Å². The van der Waals surface area contributed by atoms with Gasteiger partial charge in [-0.1, -0.05) is 160 Å². The molecule has 1 heterocycles. The molecule has 0 unspecified atom stereocenters.